The summed E-state index contributed by atoms with van der Waals surface area (Å²) in [7, 11) is -3.79. The SMILES string of the molecule is O=S(=O)(Nc1cccc(Br)c1O)c1cccc(Cl)c1. The van der Waals surface area contributed by atoms with E-state index in [9.17, 15) is 13.5 Å². The first kappa shape index (κ1) is 14.2. The van der Waals surface area contributed by atoms with Gasteiger partial charge in [-0.15, -0.1) is 0 Å². The van der Waals surface area contributed by atoms with Gasteiger partial charge in [0.25, 0.3) is 10.0 Å². The van der Waals surface area contributed by atoms with Crippen LogP contribution in [0.15, 0.2) is 51.8 Å². The number of hydrogen-bond acceptors (Lipinski definition) is 3. The Morgan fingerprint density at radius 3 is 2.53 bits per heavy atom. The Bertz CT molecular complexity index is 719. The number of phenols is 1. The molecule has 0 saturated heterocycles. The van der Waals surface area contributed by atoms with E-state index in [1.54, 1.807) is 18.2 Å². The number of para-hydroxylation sites is 1. The number of phenolic OH excluding ortho intramolecular Hbond substituents is 1. The Morgan fingerprint density at radius 2 is 1.84 bits per heavy atom. The molecule has 2 aromatic rings. The van der Waals surface area contributed by atoms with Crippen LogP contribution in [0, 0.1) is 0 Å². The van der Waals surface area contributed by atoms with Crippen LogP contribution in [0.3, 0.4) is 0 Å². The van der Waals surface area contributed by atoms with E-state index in [-0.39, 0.29) is 16.3 Å². The molecular formula is C12H9BrClNO3S. The molecule has 0 bridgehead atoms. The van der Waals surface area contributed by atoms with Gasteiger partial charge in [0.15, 0.2) is 5.75 Å². The minimum absolute atomic E-state index is 0.0272. The van der Waals surface area contributed by atoms with Crippen molar-refractivity contribution in [1.82, 2.24) is 0 Å². The second-order valence-electron chi connectivity index (χ2n) is 3.70. The third-order valence-electron chi connectivity index (χ3n) is 2.34. The predicted molar refractivity (Wildman–Crippen MR) is 78.1 cm³/mol. The Morgan fingerprint density at radius 1 is 1.16 bits per heavy atom. The Kier molecular flexibility index (Phi) is 4.03. The van der Waals surface area contributed by atoms with E-state index in [1.807, 2.05) is 0 Å². The highest BCUT2D eigenvalue weighted by Gasteiger charge is 2.17. The second-order valence-corrected chi connectivity index (χ2v) is 6.67. The van der Waals surface area contributed by atoms with Crippen LogP contribution in [0.4, 0.5) is 5.69 Å². The fourth-order valence-corrected chi connectivity index (χ4v) is 3.17. The summed E-state index contributed by atoms with van der Waals surface area (Å²) in [4.78, 5) is 0.0272. The molecule has 2 rings (SSSR count). The molecule has 0 amide bonds. The minimum atomic E-state index is -3.79. The van der Waals surface area contributed by atoms with Crippen LogP contribution in [0.5, 0.6) is 5.75 Å². The van der Waals surface area contributed by atoms with E-state index >= 15 is 0 Å². The summed E-state index contributed by atoms with van der Waals surface area (Å²) in [5.74, 6) is -0.173. The van der Waals surface area contributed by atoms with Crippen molar-refractivity contribution in [3.05, 3.63) is 52.0 Å². The largest absolute Gasteiger partial charge is 0.505 e. The summed E-state index contributed by atoms with van der Waals surface area (Å²) >= 11 is 8.88. The van der Waals surface area contributed by atoms with Gasteiger partial charge in [-0.25, -0.2) is 8.42 Å². The smallest absolute Gasteiger partial charge is 0.262 e. The number of sulfonamides is 1. The summed E-state index contributed by atoms with van der Waals surface area (Å²) in [5.41, 5.74) is 0.0920. The molecule has 0 aliphatic rings. The van der Waals surface area contributed by atoms with Crippen molar-refractivity contribution in [1.29, 1.82) is 0 Å². The average molecular weight is 363 g/mol. The highest BCUT2D eigenvalue weighted by molar-refractivity contribution is 9.10. The van der Waals surface area contributed by atoms with Gasteiger partial charge in [0.2, 0.25) is 0 Å². The van der Waals surface area contributed by atoms with E-state index in [2.05, 4.69) is 20.7 Å². The maximum absolute atomic E-state index is 12.1. The van der Waals surface area contributed by atoms with Gasteiger partial charge in [-0.1, -0.05) is 23.7 Å². The van der Waals surface area contributed by atoms with Crippen LogP contribution in [0.2, 0.25) is 5.02 Å². The number of anilines is 1. The molecule has 4 nitrogen and oxygen atoms in total. The van der Waals surface area contributed by atoms with Crippen molar-refractivity contribution < 1.29 is 13.5 Å². The van der Waals surface area contributed by atoms with Crippen LogP contribution in [0.25, 0.3) is 0 Å². The molecule has 2 aromatic carbocycles. The fraction of sp³-hybridized carbons (Fsp3) is 0. The van der Waals surface area contributed by atoms with Gasteiger partial charge in [0, 0.05) is 5.02 Å². The van der Waals surface area contributed by atoms with Crippen LogP contribution in [0.1, 0.15) is 0 Å². The Labute approximate surface area is 124 Å². The zero-order chi connectivity index (χ0) is 14.0. The van der Waals surface area contributed by atoms with Crippen molar-refractivity contribution in [2.45, 2.75) is 4.90 Å². The van der Waals surface area contributed by atoms with Gasteiger partial charge >= 0.3 is 0 Å². The van der Waals surface area contributed by atoms with Crippen molar-refractivity contribution in [3.63, 3.8) is 0 Å². The van der Waals surface area contributed by atoms with E-state index in [1.165, 1.54) is 24.3 Å². The molecule has 0 aromatic heterocycles. The molecule has 19 heavy (non-hydrogen) atoms. The van der Waals surface area contributed by atoms with Crippen molar-refractivity contribution >= 4 is 43.2 Å². The molecule has 0 atom stereocenters. The standard InChI is InChI=1S/C12H9BrClNO3S/c13-10-5-2-6-11(12(10)16)15-19(17,18)9-4-1-3-8(14)7-9/h1-7,15-16H. The summed E-state index contributed by atoms with van der Waals surface area (Å²) in [6.07, 6.45) is 0. The quantitative estimate of drug-likeness (QED) is 0.820. The van der Waals surface area contributed by atoms with Crippen LogP contribution in [-0.2, 0) is 10.0 Å². The monoisotopic (exact) mass is 361 g/mol. The fourth-order valence-electron chi connectivity index (χ4n) is 1.44. The van der Waals surface area contributed by atoms with E-state index < -0.39 is 10.0 Å². The van der Waals surface area contributed by atoms with Gasteiger partial charge in [-0.3, -0.25) is 4.72 Å². The number of halogens is 2. The highest BCUT2D eigenvalue weighted by Crippen LogP contribution is 2.33. The maximum Gasteiger partial charge on any atom is 0.262 e. The van der Waals surface area contributed by atoms with Crippen molar-refractivity contribution in [2.24, 2.45) is 0 Å². The molecule has 0 fully saturated rings. The van der Waals surface area contributed by atoms with Crippen LogP contribution in [-0.4, -0.2) is 13.5 Å². The molecular weight excluding hydrogens is 354 g/mol. The summed E-state index contributed by atoms with van der Waals surface area (Å²) in [6.45, 7) is 0. The predicted octanol–water partition coefficient (Wildman–Crippen LogP) is 3.61. The number of aromatic hydroxyl groups is 1. The lowest BCUT2D eigenvalue weighted by atomic mass is 10.3. The normalized spacial score (nSPS) is 11.3. The zero-order valence-electron chi connectivity index (χ0n) is 9.47. The summed E-state index contributed by atoms with van der Waals surface area (Å²) in [5, 5.41) is 10.1. The molecule has 0 saturated carbocycles. The third-order valence-corrected chi connectivity index (χ3v) is 4.58. The van der Waals surface area contributed by atoms with Crippen LogP contribution < -0.4 is 4.72 Å². The number of hydrogen-bond donors (Lipinski definition) is 2. The van der Waals surface area contributed by atoms with E-state index in [0.29, 0.717) is 9.50 Å². The molecule has 0 aliphatic heterocycles. The molecule has 0 heterocycles. The molecule has 0 radical (unpaired) electrons. The Balaban J connectivity index is 2.39. The highest BCUT2D eigenvalue weighted by atomic mass is 79.9. The third kappa shape index (κ3) is 3.20. The lowest BCUT2D eigenvalue weighted by molar-refractivity contribution is 0.474. The van der Waals surface area contributed by atoms with Crippen molar-refractivity contribution in [2.75, 3.05) is 4.72 Å². The lowest BCUT2D eigenvalue weighted by Crippen LogP contribution is -2.13. The lowest BCUT2D eigenvalue weighted by Gasteiger charge is -2.10. The average Bonchev–Trinajstić information content (AvgIpc) is 2.35. The molecule has 0 spiro atoms. The number of rotatable bonds is 3. The first-order valence-corrected chi connectivity index (χ1v) is 7.81. The second kappa shape index (κ2) is 5.40. The van der Waals surface area contributed by atoms with Crippen LogP contribution >= 0.6 is 27.5 Å². The number of nitrogens with one attached hydrogen (secondary N) is 1. The zero-order valence-corrected chi connectivity index (χ0v) is 12.6. The molecule has 7 heteroatoms. The summed E-state index contributed by atoms with van der Waals surface area (Å²) < 4.78 is 26.9. The van der Waals surface area contributed by atoms with Crippen molar-refractivity contribution in [3.8, 4) is 5.75 Å². The molecule has 2 N–H and O–H groups in total. The van der Waals surface area contributed by atoms with Gasteiger partial charge in [-0.2, -0.15) is 0 Å². The van der Waals surface area contributed by atoms with Gasteiger partial charge in [-0.05, 0) is 46.3 Å². The first-order chi connectivity index (χ1) is 8.90. The van der Waals surface area contributed by atoms with E-state index in [0.717, 1.165) is 0 Å². The van der Waals surface area contributed by atoms with Gasteiger partial charge in [0.05, 0.1) is 15.1 Å². The summed E-state index contributed by atoms with van der Waals surface area (Å²) in [6, 6.07) is 10.5. The van der Waals surface area contributed by atoms with Gasteiger partial charge in [0.1, 0.15) is 0 Å². The van der Waals surface area contributed by atoms with Gasteiger partial charge < -0.3 is 5.11 Å². The molecule has 0 aliphatic carbocycles. The maximum atomic E-state index is 12.1. The Hall–Kier alpha value is -1.24. The van der Waals surface area contributed by atoms with E-state index in [4.69, 9.17) is 11.6 Å². The minimum Gasteiger partial charge on any atom is -0.505 e. The number of benzene rings is 2. The molecule has 0 unspecified atom stereocenters. The molecule has 100 valence electrons. The topological polar surface area (TPSA) is 66.4 Å². The first-order valence-electron chi connectivity index (χ1n) is 5.16.